The highest BCUT2D eigenvalue weighted by Crippen LogP contribution is 2.30. The lowest BCUT2D eigenvalue weighted by molar-refractivity contribution is 0.0902. The molecule has 1 aliphatic heterocycles. The molecule has 0 unspecified atom stereocenters. The molecule has 0 spiro atoms. The third kappa shape index (κ3) is 3.50. The van der Waals surface area contributed by atoms with Gasteiger partial charge in [-0.25, -0.2) is 4.98 Å². The Labute approximate surface area is 178 Å². The van der Waals surface area contributed by atoms with E-state index in [0.717, 1.165) is 15.9 Å². The average Bonchev–Trinajstić information content (AvgIpc) is 3.00. The number of carbonyl (C=O) groups is 1. The highest BCUT2D eigenvalue weighted by Gasteiger charge is 2.29. The second kappa shape index (κ2) is 7.95. The zero-order valence-electron chi connectivity index (χ0n) is 16.6. The fraction of sp³-hybridized carbons (Fsp3) is 0.125. The van der Waals surface area contributed by atoms with Crippen LogP contribution in [0.5, 0.6) is 0 Å². The molecule has 1 atom stereocenters. The van der Waals surface area contributed by atoms with Gasteiger partial charge in [-0.05, 0) is 23.3 Å². The number of amides is 1. The number of nitrogens with one attached hydrogen (secondary N) is 2. The Bertz CT molecular complexity index is 1300. The Hall–Kier alpha value is -4.13. The molecule has 1 amide bonds. The monoisotopic (exact) mass is 412 g/mol. The topological polar surface area (TPSA) is 85.2 Å². The van der Waals surface area contributed by atoms with Crippen molar-refractivity contribution in [3.63, 3.8) is 0 Å². The summed E-state index contributed by atoms with van der Waals surface area (Å²) < 4.78 is 1.12. The van der Waals surface area contributed by atoms with Crippen LogP contribution in [-0.2, 0) is 6.61 Å². The molecule has 0 aliphatic carbocycles. The summed E-state index contributed by atoms with van der Waals surface area (Å²) >= 11 is 0. The minimum atomic E-state index is -0.546. The molecule has 1 aliphatic rings. The zero-order chi connectivity index (χ0) is 21.2. The SMILES string of the molecule is O=C1NC[C@H](c2ccccc2)Nc2c1c(=O)n(OCc1ccccc1)c1ncccc21. The van der Waals surface area contributed by atoms with Crippen molar-refractivity contribution in [2.75, 3.05) is 11.9 Å². The van der Waals surface area contributed by atoms with Gasteiger partial charge in [-0.1, -0.05) is 60.7 Å². The van der Waals surface area contributed by atoms with Gasteiger partial charge in [-0.3, -0.25) is 9.59 Å². The fourth-order valence-electron chi connectivity index (χ4n) is 3.78. The first kappa shape index (κ1) is 18.9. The first-order chi connectivity index (χ1) is 15.2. The van der Waals surface area contributed by atoms with Crippen LogP contribution in [-0.4, -0.2) is 22.2 Å². The molecule has 0 saturated heterocycles. The number of hydrogen-bond donors (Lipinski definition) is 2. The summed E-state index contributed by atoms with van der Waals surface area (Å²) in [4.78, 5) is 36.5. The number of pyridine rings is 2. The number of anilines is 1. The van der Waals surface area contributed by atoms with Gasteiger partial charge in [0.1, 0.15) is 12.2 Å². The summed E-state index contributed by atoms with van der Waals surface area (Å²) in [6.07, 6.45) is 1.60. The minimum Gasteiger partial charge on any atom is -0.404 e. The first-order valence-corrected chi connectivity index (χ1v) is 10.0. The number of nitrogens with zero attached hydrogens (tertiary/aromatic N) is 2. The molecule has 0 fully saturated rings. The van der Waals surface area contributed by atoms with Crippen molar-refractivity contribution in [3.05, 3.63) is 106 Å². The van der Waals surface area contributed by atoms with Crippen LogP contribution in [0.4, 0.5) is 5.69 Å². The van der Waals surface area contributed by atoms with E-state index in [1.54, 1.807) is 12.3 Å². The molecule has 0 bridgehead atoms. The van der Waals surface area contributed by atoms with E-state index in [-0.39, 0.29) is 18.2 Å². The summed E-state index contributed by atoms with van der Waals surface area (Å²) in [7, 11) is 0. The molecule has 7 heteroatoms. The molecule has 0 saturated carbocycles. The van der Waals surface area contributed by atoms with E-state index in [4.69, 9.17) is 4.84 Å². The quantitative estimate of drug-likeness (QED) is 0.538. The van der Waals surface area contributed by atoms with E-state index in [1.807, 2.05) is 66.7 Å². The number of benzene rings is 2. The van der Waals surface area contributed by atoms with E-state index in [0.29, 0.717) is 23.3 Å². The van der Waals surface area contributed by atoms with Gasteiger partial charge in [0.25, 0.3) is 11.5 Å². The first-order valence-electron chi connectivity index (χ1n) is 10.0. The summed E-state index contributed by atoms with van der Waals surface area (Å²) in [6.45, 7) is 0.524. The van der Waals surface area contributed by atoms with Crippen LogP contribution in [0.1, 0.15) is 27.5 Å². The highest BCUT2D eigenvalue weighted by atomic mass is 16.7. The largest absolute Gasteiger partial charge is 0.404 e. The van der Waals surface area contributed by atoms with Crippen LogP contribution < -0.4 is 21.0 Å². The van der Waals surface area contributed by atoms with Gasteiger partial charge >= 0.3 is 0 Å². The van der Waals surface area contributed by atoms with E-state index in [1.165, 1.54) is 0 Å². The second-order valence-corrected chi connectivity index (χ2v) is 7.30. The molecule has 2 N–H and O–H groups in total. The third-order valence-electron chi connectivity index (χ3n) is 5.31. The van der Waals surface area contributed by atoms with Crippen molar-refractivity contribution >= 4 is 22.6 Å². The van der Waals surface area contributed by atoms with E-state index in [9.17, 15) is 9.59 Å². The maximum Gasteiger partial charge on any atom is 0.300 e. The molecule has 2 aromatic carbocycles. The molecule has 2 aromatic heterocycles. The van der Waals surface area contributed by atoms with Gasteiger partial charge in [-0.15, -0.1) is 4.73 Å². The van der Waals surface area contributed by atoms with Gasteiger partial charge in [0.2, 0.25) is 0 Å². The maximum absolute atomic E-state index is 13.4. The van der Waals surface area contributed by atoms with Crippen molar-refractivity contribution in [1.29, 1.82) is 0 Å². The molecule has 5 rings (SSSR count). The number of hydrogen-bond acceptors (Lipinski definition) is 5. The smallest absolute Gasteiger partial charge is 0.300 e. The molecular weight excluding hydrogens is 392 g/mol. The average molecular weight is 412 g/mol. The van der Waals surface area contributed by atoms with Crippen LogP contribution >= 0.6 is 0 Å². The Morgan fingerprint density at radius 1 is 0.968 bits per heavy atom. The van der Waals surface area contributed by atoms with Gasteiger partial charge in [0, 0.05) is 18.1 Å². The Morgan fingerprint density at radius 3 is 2.48 bits per heavy atom. The second-order valence-electron chi connectivity index (χ2n) is 7.30. The third-order valence-corrected chi connectivity index (χ3v) is 5.31. The Kier molecular flexibility index (Phi) is 4.84. The predicted octanol–water partition coefficient (Wildman–Crippen LogP) is 2.92. The van der Waals surface area contributed by atoms with Crippen LogP contribution in [0.3, 0.4) is 0 Å². The van der Waals surface area contributed by atoms with E-state index < -0.39 is 11.5 Å². The maximum atomic E-state index is 13.4. The van der Waals surface area contributed by atoms with Crippen LogP contribution in [0.2, 0.25) is 0 Å². The normalized spacial score (nSPS) is 15.5. The number of rotatable bonds is 4. The number of carbonyl (C=O) groups excluding carboxylic acids is 1. The summed E-state index contributed by atoms with van der Waals surface area (Å²) in [5, 5.41) is 6.91. The summed E-state index contributed by atoms with van der Waals surface area (Å²) in [5.74, 6) is -0.436. The van der Waals surface area contributed by atoms with Crippen molar-refractivity contribution in [2.24, 2.45) is 0 Å². The molecular formula is C24H20N4O3. The van der Waals surface area contributed by atoms with Crippen LogP contribution in [0.25, 0.3) is 11.0 Å². The molecule has 31 heavy (non-hydrogen) atoms. The predicted molar refractivity (Wildman–Crippen MR) is 118 cm³/mol. The van der Waals surface area contributed by atoms with Gasteiger partial charge < -0.3 is 15.5 Å². The Morgan fingerprint density at radius 2 is 1.71 bits per heavy atom. The zero-order valence-corrected chi connectivity index (χ0v) is 16.6. The molecule has 4 aromatic rings. The summed E-state index contributed by atoms with van der Waals surface area (Å²) in [5.41, 5.74) is 2.22. The fourth-order valence-corrected chi connectivity index (χ4v) is 3.78. The van der Waals surface area contributed by atoms with Crippen molar-refractivity contribution in [1.82, 2.24) is 15.0 Å². The van der Waals surface area contributed by atoms with Gasteiger partial charge in [0.05, 0.1) is 11.7 Å². The Balaban J connectivity index is 1.63. The molecule has 3 heterocycles. The molecule has 0 radical (unpaired) electrons. The van der Waals surface area contributed by atoms with Crippen LogP contribution in [0.15, 0.2) is 83.8 Å². The van der Waals surface area contributed by atoms with Gasteiger partial charge in [0.15, 0.2) is 5.65 Å². The van der Waals surface area contributed by atoms with Crippen LogP contribution in [0, 0.1) is 0 Å². The molecule has 154 valence electrons. The number of fused-ring (bicyclic) bond motifs is 3. The highest BCUT2D eigenvalue weighted by molar-refractivity contribution is 6.07. The lowest BCUT2D eigenvalue weighted by Crippen LogP contribution is -2.35. The van der Waals surface area contributed by atoms with E-state index >= 15 is 0 Å². The van der Waals surface area contributed by atoms with Crippen molar-refractivity contribution < 1.29 is 9.63 Å². The standard InChI is InChI=1S/C24H20N4O3/c29-23-20-21(27-19(14-26-23)17-10-5-2-6-11-17)18-12-7-13-25-22(18)28(24(20)30)31-15-16-8-3-1-4-9-16/h1-13,19,27H,14-15H2,(H,26,29)/t19-/m1/s1. The minimum absolute atomic E-state index is 0.0204. The number of aromatic nitrogens is 2. The van der Waals surface area contributed by atoms with Gasteiger partial charge in [-0.2, -0.15) is 0 Å². The van der Waals surface area contributed by atoms with Crippen molar-refractivity contribution in [2.45, 2.75) is 12.6 Å². The molecule has 7 nitrogen and oxygen atoms in total. The lowest BCUT2D eigenvalue weighted by atomic mass is 10.1. The van der Waals surface area contributed by atoms with Crippen molar-refractivity contribution in [3.8, 4) is 0 Å². The lowest BCUT2D eigenvalue weighted by Gasteiger charge is -2.20. The summed E-state index contributed by atoms with van der Waals surface area (Å²) in [6, 6.07) is 22.7. The van der Waals surface area contributed by atoms with E-state index in [2.05, 4.69) is 15.6 Å².